The number of rotatable bonds is 15. The lowest BCUT2D eigenvalue weighted by molar-refractivity contribution is -0.138. The molecule has 0 aromatic heterocycles. The minimum Gasteiger partial charge on any atom is -0.480 e. The zero-order valence-corrected chi connectivity index (χ0v) is 26.3. The Kier molecular flexibility index (Phi) is 21.6. The van der Waals surface area contributed by atoms with Crippen LogP contribution >= 0.6 is 0 Å². The second kappa shape index (κ2) is 23.7. The minimum absolute atomic E-state index is 0.0481. The van der Waals surface area contributed by atoms with Gasteiger partial charge in [0.2, 0.25) is 17.7 Å². The normalized spacial score (nSPS) is 14.3. The summed E-state index contributed by atoms with van der Waals surface area (Å²) in [6.07, 6.45) is 4.19. The Labute approximate surface area is 259 Å². The lowest BCUT2D eigenvalue weighted by Crippen LogP contribution is -2.51. The molecule has 1 aromatic rings. The van der Waals surface area contributed by atoms with Gasteiger partial charge in [-0.1, -0.05) is 35.9 Å². The summed E-state index contributed by atoms with van der Waals surface area (Å²) in [7, 11) is -0.212. The number of amides is 3. The summed E-state index contributed by atoms with van der Waals surface area (Å²) in [5, 5.41) is 15.7. The van der Waals surface area contributed by atoms with E-state index in [1.807, 2.05) is 31.3 Å². The van der Waals surface area contributed by atoms with E-state index in [-0.39, 0.29) is 28.8 Å². The Morgan fingerprint density at radius 1 is 1.00 bits per heavy atom. The lowest BCUT2D eigenvalue weighted by atomic mass is 10.1. The van der Waals surface area contributed by atoms with E-state index in [4.69, 9.17) is 39.2 Å². The fraction of sp³-hybridized carbons (Fsp3) is 0.500. The van der Waals surface area contributed by atoms with Gasteiger partial charge in [0.25, 0.3) is 0 Å². The van der Waals surface area contributed by atoms with E-state index in [0.717, 1.165) is 5.70 Å². The number of carboxylic acids is 1. The Bertz CT molecular complexity index is 1090. The summed E-state index contributed by atoms with van der Waals surface area (Å²) < 4.78 is 5.95. The number of unbranched alkanes of at least 4 members (excludes halogenated alkanes) is 1. The molecular weight excluding hydrogens is 596 g/mol. The van der Waals surface area contributed by atoms with Crippen LogP contribution in [0.25, 0.3) is 0 Å². The van der Waals surface area contributed by atoms with E-state index in [2.05, 4.69) is 49.4 Å². The molecule has 0 bridgehead atoms. The number of aliphatic carboxylic acids is 1. The van der Waals surface area contributed by atoms with Crippen LogP contribution in [0.5, 0.6) is 0 Å². The van der Waals surface area contributed by atoms with Crippen molar-refractivity contribution in [3.63, 3.8) is 0 Å². The summed E-state index contributed by atoms with van der Waals surface area (Å²) in [4.78, 5) is 50.4. The number of nitrogens with zero attached hydrogens (tertiary/aromatic N) is 1. The standard InChI is InChI=1S/C16H32N8O5.C7H8.C3H6N2S2/c17-6-2-1-5-11(15(29)23-9-13(26)27)24-12(25)8-22-14(28)10(18)4-3-7-21-16(19)20;1-7-5-3-2-4-6-7;1-3-2-4-7(6)5-3/h10-11H,1-9,17-18H2,(H,22,28)(H,23,29)(H,24,25)(H,26,27)(H4,19,20,21);2-6H,1H3;2,4-5H,1H3. The molecule has 14 N–H and O–H groups in total. The first-order valence-electron chi connectivity index (χ1n) is 13.6. The summed E-state index contributed by atoms with van der Waals surface area (Å²) in [6.45, 7) is 3.88. The first-order chi connectivity index (χ1) is 20.3. The molecule has 2 rings (SSSR count). The number of aliphatic imine (C=N–C) groups is 1. The van der Waals surface area contributed by atoms with Crippen molar-refractivity contribution in [1.29, 1.82) is 0 Å². The molecule has 3 amide bonds. The van der Waals surface area contributed by atoms with Crippen LogP contribution in [0.1, 0.15) is 44.6 Å². The summed E-state index contributed by atoms with van der Waals surface area (Å²) in [6, 6.07) is 8.49. The van der Waals surface area contributed by atoms with Crippen molar-refractivity contribution in [2.45, 2.75) is 58.0 Å². The van der Waals surface area contributed by atoms with Gasteiger partial charge < -0.3 is 53.4 Å². The maximum Gasteiger partial charge on any atom is 0.322 e. The summed E-state index contributed by atoms with van der Waals surface area (Å²) >= 11 is 4.83. The topological polar surface area (TPSA) is 265 Å². The van der Waals surface area contributed by atoms with Crippen molar-refractivity contribution < 1.29 is 24.3 Å². The predicted octanol–water partition coefficient (Wildman–Crippen LogP) is -1.76. The van der Waals surface area contributed by atoms with Crippen LogP contribution in [0, 0.1) is 6.92 Å². The van der Waals surface area contributed by atoms with E-state index in [0.29, 0.717) is 38.8 Å². The molecule has 3 unspecified atom stereocenters. The highest BCUT2D eigenvalue weighted by Gasteiger charge is 2.21. The number of hydrogen-bond donors (Lipinski definition) is 10. The highest BCUT2D eigenvalue weighted by Crippen LogP contribution is 2.01. The number of allylic oxidation sites excluding steroid dienone is 1. The van der Waals surface area contributed by atoms with Gasteiger partial charge in [0.05, 0.1) is 22.4 Å². The van der Waals surface area contributed by atoms with Gasteiger partial charge in [-0.05, 0) is 63.7 Å². The third-order valence-corrected chi connectivity index (χ3v) is 6.69. The molecule has 15 nitrogen and oxygen atoms in total. The van der Waals surface area contributed by atoms with Crippen LogP contribution in [0.4, 0.5) is 0 Å². The molecular formula is C26H46N10O5S2. The SMILES string of the molecule is CC1=CNS(=S)N1.Cc1ccccc1.NCCCCC(NC(=O)CNC(=O)C(N)CCCN=C(N)N)C(=O)NCC(=O)O. The van der Waals surface area contributed by atoms with Crippen molar-refractivity contribution in [3.8, 4) is 0 Å². The molecule has 0 saturated heterocycles. The van der Waals surface area contributed by atoms with Gasteiger partial charge in [0.15, 0.2) is 5.96 Å². The Morgan fingerprint density at radius 2 is 1.65 bits per heavy atom. The third-order valence-electron chi connectivity index (χ3n) is 5.32. The largest absolute Gasteiger partial charge is 0.480 e. The minimum atomic E-state index is -1.20. The average molecular weight is 643 g/mol. The van der Waals surface area contributed by atoms with Gasteiger partial charge in [-0.2, -0.15) is 0 Å². The Balaban J connectivity index is 0.00000100. The zero-order chi connectivity index (χ0) is 32.6. The number of carbonyl (C=O) groups excluding carboxylic acids is 3. The summed E-state index contributed by atoms with van der Waals surface area (Å²) in [5.41, 5.74) is 24.0. The van der Waals surface area contributed by atoms with Crippen LogP contribution in [-0.2, 0) is 40.2 Å². The number of benzene rings is 1. The molecule has 1 aromatic carbocycles. The van der Waals surface area contributed by atoms with E-state index < -0.39 is 42.3 Å². The molecule has 3 atom stereocenters. The van der Waals surface area contributed by atoms with Crippen molar-refractivity contribution in [2.75, 3.05) is 26.2 Å². The highest BCUT2D eigenvalue weighted by atomic mass is 32.8. The van der Waals surface area contributed by atoms with Gasteiger partial charge >= 0.3 is 5.97 Å². The van der Waals surface area contributed by atoms with Crippen LogP contribution in [0.2, 0.25) is 0 Å². The number of aryl methyl sites for hydroxylation is 1. The molecule has 43 heavy (non-hydrogen) atoms. The average Bonchev–Trinajstić information content (AvgIpc) is 3.35. The predicted molar refractivity (Wildman–Crippen MR) is 172 cm³/mol. The number of nitrogens with two attached hydrogens (primary N) is 4. The fourth-order valence-electron chi connectivity index (χ4n) is 3.12. The maximum absolute atomic E-state index is 12.1. The van der Waals surface area contributed by atoms with Crippen molar-refractivity contribution >= 4 is 50.7 Å². The first kappa shape index (κ1) is 39.2. The van der Waals surface area contributed by atoms with Crippen molar-refractivity contribution in [2.24, 2.45) is 27.9 Å². The summed E-state index contributed by atoms with van der Waals surface area (Å²) in [5.74, 6) is -3.01. The van der Waals surface area contributed by atoms with Crippen LogP contribution in [0.3, 0.4) is 0 Å². The molecule has 0 saturated carbocycles. The monoisotopic (exact) mass is 642 g/mol. The van der Waals surface area contributed by atoms with E-state index in [1.165, 1.54) is 5.56 Å². The molecule has 1 heterocycles. The number of carbonyl (C=O) groups is 4. The van der Waals surface area contributed by atoms with Crippen LogP contribution in [-0.4, -0.2) is 73.0 Å². The quantitative estimate of drug-likeness (QED) is 0.0580. The van der Waals surface area contributed by atoms with Gasteiger partial charge in [-0.25, -0.2) is 0 Å². The number of guanidine groups is 1. The molecule has 242 valence electrons. The molecule has 1 aliphatic rings. The van der Waals surface area contributed by atoms with E-state index in [9.17, 15) is 19.2 Å². The molecule has 1 aliphatic heterocycles. The van der Waals surface area contributed by atoms with Gasteiger partial charge in [-0.3, -0.25) is 24.2 Å². The van der Waals surface area contributed by atoms with Gasteiger partial charge in [0.1, 0.15) is 12.6 Å². The smallest absolute Gasteiger partial charge is 0.322 e. The number of nitrogens with one attached hydrogen (secondary N) is 5. The van der Waals surface area contributed by atoms with Crippen LogP contribution in [0.15, 0.2) is 47.2 Å². The molecule has 0 spiro atoms. The highest BCUT2D eigenvalue weighted by molar-refractivity contribution is 8.26. The molecule has 0 aliphatic carbocycles. The molecule has 0 radical (unpaired) electrons. The van der Waals surface area contributed by atoms with Crippen LogP contribution < -0.4 is 48.3 Å². The number of hydrogen-bond acceptors (Lipinski definition) is 8. The van der Waals surface area contributed by atoms with Gasteiger partial charge in [-0.15, -0.1) is 0 Å². The third kappa shape index (κ3) is 22.5. The second-order valence-electron chi connectivity index (χ2n) is 9.26. The van der Waals surface area contributed by atoms with Crippen molar-refractivity contribution in [3.05, 3.63) is 47.8 Å². The zero-order valence-electron chi connectivity index (χ0n) is 24.6. The Hall–Kier alpha value is -3.80. The lowest BCUT2D eigenvalue weighted by Gasteiger charge is -2.18. The molecule has 0 fully saturated rings. The van der Waals surface area contributed by atoms with Crippen molar-refractivity contribution in [1.82, 2.24) is 25.4 Å². The second-order valence-corrected chi connectivity index (χ2v) is 11.2. The Morgan fingerprint density at radius 3 is 2.12 bits per heavy atom. The van der Waals surface area contributed by atoms with Gasteiger partial charge in [0, 0.05) is 18.4 Å². The fourth-order valence-corrected chi connectivity index (χ4v) is 4.36. The van der Waals surface area contributed by atoms with E-state index >= 15 is 0 Å². The first-order valence-corrected chi connectivity index (χ1v) is 15.7. The maximum atomic E-state index is 12.1. The van der Waals surface area contributed by atoms with E-state index in [1.54, 1.807) is 0 Å². The number of carboxylic acid groups (broad SMARTS) is 1. The molecule has 17 heteroatoms.